The van der Waals surface area contributed by atoms with Crippen molar-refractivity contribution in [2.24, 2.45) is 5.92 Å². The molecule has 6 nitrogen and oxygen atoms in total. The topological polar surface area (TPSA) is 75.7 Å². The molecule has 1 fully saturated rings. The number of nitrogens with one attached hydrogen (secondary N) is 1. The number of rotatable bonds is 7. The third-order valence-electron chi connectivity index (χ3n) is 6.05. The maximum absolute atomic E-state index is 12.9. The molecule has 168 valence electrons. The molecule has 0 bridgehead atoms. The highest BCUT2D eigenvalue weighted by Crippen LogP contribution is 2.27. The van der Waals surface area contributed by atoms with Crippen LogP contribution in [0.4, 0.5) is 0 Å². The molecular formula is C24H32N2O4S. The van der Waals surface area contributed by atoms with Crippen molar-refractivity contribution < 1.29 is 17.9 Å². The molecule has 1 aliphatic rings. The van der Waals surface area contributed by atoms with Gasteiger partial charge in [-0.2, -0.15) is 4.31 Å². The van der Waals surface area contributed by atoms with E-state index >= 15 is 0 Å². The summed E-state index contributed by atoms with van der Waals surface area (Å²) in [6.07, 6.45) is 1.84. The van der Waals surface area contributed by atoms with Crippen LogP contribution in [0.2, 0.25) is 0 Å². The average Bonchev–Trinajstić information content (AvgIpc) is 2.78. The molecule has 0 saturated carbocycles. The molecule has 1 N–H and O–H groups in total. The van der Waals surface area contributed by atoms with E-state index in [1.165, 1.54) is 15.4 Å². The van der Waals surface area contributed by atoms with Crippen LogP contribution in [-0.4, -0.2) is 38.8 Å². The van der Waals surface area contributed by atoms with Crippen molar-refractivity contribution in [3.8, 4) is 5.75 Å². The van der Waals surface area contributed by atoms with Gasteiger partial charge in [-0.3, -0.25) is 4.79 Å². The lowest BCUT2D eigenvalue weighted by Crippen LogP contribution is -2.43. The van der Waals surface area contributed by atoms with Gasteiger partial charge in [-0.25, -0.2) is 8.42 Å². The van der Waals surface area contributed by atoms with Crippen molar-refractivity contribution in [2.75, 3.05) is 20.2 Å². The van der Waals surface area contributed by atoms with Gasteiger partial charge in [0, 0.05) is 19.0 Å². The first kappa shape index (κ1) is 23.3. The lowest BCUT2D eigenvalue weighted by molar-refractivity contribution is -0.126. The summed E-state index contributed by atoms with van der Waals surface area (Å²) in [6.45, 7) is 6.87. The molecule has 0 spiro atoms. The third kappa shape index (κ3) is 5.28. The Morgan fingerprint density at radius 3 is 2.32 bits per heavy atom. The first-order chi connectivity index (χ1) is 14.8. The molecule has 1 unspecified atom stereocenters. The number of ether oxygens (including phenoxy) is 1. The smallest absolute Gasteiger partial charge is 0.243 e. The van der Waals surface area contributed by atoms with Crippen molar-refractivity contribution in [3.05, 3.63) is 59.2 Å². The van der Waals surface area contributed by atoms with E-state index in [-0.39, 0.29) is 22.8 Å². The number of methoxy groups -OCH3 is 1. The van der Waals surface area contributed by atoms with Gasteiger partial charge in [0.1, 0.15) is 5.75 Å². The van der Waals surface area contributed by atoms with Crippen LogP contribution in [0, 0.1) is 19.8 Å². The number of sulfonamides is 1. The minimum absolute atomic E-state index is 0.00770. The number of piperidine rings is 1. The molecule has 2 aromatic rings. The van der Waals surface area contributed by atoms with Gasteiger partial charge < -0.3 is 10.1 Å². The van der Waals surface area contributed by atoms with Gasteiger partial charge in [0.2, 0.25) is 15.9 Å². The maximum atomic E-state index is 12.9. The number of hydrogen-bond acceptors (Lipinski definition) is 4. The van der Waals surface area contributed by atoms with Crippen LogP contribution in [0.5, 0.6) is 5.75 Å². The summed E-state index contributed by atoms with van der Waals surface area (Å²) in [4.78, 5) is 13.2. The van der Waals surface area contributed by atoms with E-state index in [1.54, 1.807) is 31.4 Å². The zero-order valence-electron chi connectivity index (χ0n) is 18.7. The SMILES string of the molecule is CCC(NC(=O)C1CCN(S(=O)(=O)c2ccc(OC)cc2)CC1)c1ccc(C)cc1C. The van der Waals surface area contributed by atoms with Gasteiger partial charge in [0.25, 0.3) is 0 Å². The number of amides is 1. The molecule has 1 heterocycles. The summed E-state index contributed by atoms with van der Waals surface area (Å²) in [6, 6.07) is 12.7. The zero-order valence-corrected chi connectivity index (χ0v) is 19.5. The van der Waals surface area contributed by atoms with E-state index < -0.39 is 10.0 Å². The number of hydrogen-bond donors (Lipinski definition) is 1. The summed E-state index contributed by atoms with van der Waals surface area (Å²) in [5.41, 5.74) is 3.52. The minimum atomic E-state index is -3.57. The molecule has 1 amide bonds. The molecule has 0 radical (unpaired) electrons. The highest BCUT2D eigenvalue weighted by molar-refractivity contribution is 7.89. The Morgan fingerprint density at radius 2 is 1.77 bits per heavy atom. The van der Waals surface area contributed by atoms with Gasteiger partial charge >= 0.3 is 0 Å². The monoisotopic (exact) mass is 444 g/mol. The number of carbonyl (C=O) groups excluding carboxylic acids is 1. The second kappa shape index (κ2) is 9.83. The Kier molecular flexibility index (Phi) is 7.38. The molecule has 1 aliphatic heterocycles. The highest BCUT2D eigenvalue weighted by Gasteiger charge is 2.32. The number of benzene rings is 2. The van der Waals surface area contributed by atoms with E-state index in [2.05, 4.69) is 44.3 Å². The minimum Gasteiger partial charge on any atom is -0.497 e. The predicted octanol–water partition coefficient (Wildman–Crippen LogP) is 3.98. The van der Waals surface area contributed by atoms with Crippen molar-refractivity contribution >= 4 is 15.9 Å². The molecule has 7 heteroatoms. The summed E-state index contributed by atoms with van der Waals surface area (Å²) in [7, 11) is -2.03. The fraction of sp³-hybridized carbons (Fsp3) is 0.458. The van der Waals surface area contributed by atoms with E-state index in [9.17, 15) is 13.2 Å². The highest BCUT2D eigenvalue weighted by atomic mass is 32.2. The van der Waals surface area contributed by atoms with E-state index in [0.29, 0.717) is 31.7 Å². The van der Waals surface area contributed by atoms with Crippen LogP contribution in [0.3, 0.4) is 0 Å². The Hall–Kier alpha value is -2.38. The van der Waals surface area contributed by atoms with Gasteiger partial charge in [0.15, 0.2) is 0 Å². The van der Waals surface area contributed by atoms with Crippen molar-refractivity contribution in [1.82, 2.24) is 9.62 Å². The van der Waals surface area contributed by atoms with Crippen LogP contribution in [0.1, 0.15) is 48.9 Å². The molecule has 1 atom stereocenters. The van der Waals surface area contributed by atoms with E-state index in [1.807, 2.05) is 0 Å². The van der Waals surface area contributed by atoms with Crippen molar-refractivity contribution in [1.29, 1.82) is 0 Å². The quantitative estimate of drug-likeness (QED) is 0.701. The van der Waals surface area contributed by atoms with Crippen LogP contribution in [0.25, 0.3) is 0 Å². The number of nitrogens with zero attached hydrogens (tertiary/aromatic N) is 1. The van der Waals surface area contributed by atoms with Crippen molar-refractivity contribution in [3.63, 3.8) is 0 Å². The first-order valence-electron chi connectivity index (χ1n) is 10.8. The van der Waals surface area contributed by atoms with Crippen molar-refractivity contribution in [2.45, 2.75) is 51.0 Å². The van der Waals surface area contributed by atoms with Gasteiger partial charge in [-0.05, 0) is 68.5 Å². The first-order valence-corrected chi connectivity index (χ1v) is 12.2. The standard InChI is InChI=1S/C24H32N2O4S/c1-5-23(22-11-6-17(2)16-18(22)3)25-24(27)19-12-14-26(15-13-19)31(28,29)21-9-7-20(30-4)8-10-21/h6-11,16,19,23H,5,12-15H2,1-4H3,(H,25,27). The van der Waals surface area contributed by atoms with Crippen LogP contribution in [-0.2, 0) is 14.8 Å². The fourth-order valence-corrected chi connectivity index (χ4v) is 5.63. The summed E-state index contributed by atoms with van der Waals surface area (Å²) >= 11 is 0. The van der Waals surface area contributed by atoms with Gasteiger partial charge in [-0.15, -0.1) is 0 Å². The van der Waals surface area contributed by atoms with Gasteiger partial charge in [0.05, 0.1) is 18.0 Å². The van der Waals surface area contributed by atoms with E-state index in [0.717, 1.165) is 12.0 Å². The third-order valence-corrected chi connectivity index (χ3v) is 7.96. The Labute approximate surface area is 185 Å². The zero-order chi connectivity index (χ0) is 22.6. The molecule has 2 aromatic carbocycles. The normalized spacial score (nSPS) is 16.6. The summed E-state index contributed by atoms with van der Waals surface area (Å²) < 4.78 is 32.4. The molecule has 3 rings (SSSR count). The van der Waals surface area contributed by atoms with E-state index in [4.69, 9.17) is 4.74 Å². The van der Waals surface area contributed by atoms with Crippen LogP contribution in [0.15, 0.2) is 47.4 Å². The predicted molar refractivity (Wildman–Crippen MR) is 122 cm³/mol. The summed E-state index contributed by atoms with van der Waals surface area (Å²) in [5.74, 6) is 0.444. The molecular weight excluding hydrogens is 412 g/mol. The number of carbonyl (C=O) groups is 1. The molecule has 31 heavy (non-hydrogen) atoms. The van der Waals surface area contributed by atoms with Gasteiger partial charge in [-0.1, -0.05) is 30.7 Å². The lowest BCUT2D eigenvalue weighted by Gasteiger charge is -2.31. The fourth-order valence-electron chi connectivity index (χ4n) is 4.16. The second-order valence-electron chi connectivity index (χ2n) is 8.18. The Balaban J connectivity index is 1.62. The Morgan fingerprint density at radius 1 is 1.13 bits per heavy atom. The largest absolute Gasteiger partial charge is 0.497 e. The average molecular weight is 445 g/mol. The number of aryl methyl sites for hydroxylation is 2. The summed E-state index contributed by atoms with van der Waals surface area (Å²) in [5, 5.41) is 3.19. The van der Waals surface area contributed by atoms with Crippen LogP contribution >= 0.6 is 0 Å². The van der Waals surface area contributed by atoms with Crippen LogP contribution < -0.4 is 10.1 Å². The maximum Gasteiger partial charge on any atom is 0.243 e. The molecule has 0 aromatic heterocycles. The lowest BCUT2D eigenvalue weighted by atomic mass is 9.94. The Bertz CT molecular complexity index is 1010. The molecule has 1 saturated heterocycles. The molecule has 0 aliphatic carbocycles. The second-order valence-corrected chi connectivity index (χ2v) is 10.1.